The molecule has 7 heteroatoms. The van der Waals surface area contributed by atoms with Gasteiger partial charge in [0.1, 0.15) is 5.56 Å². The first kappa shape index (κ1) is 18.7. The van der Waals surface area contributed by atoms with Gasteiger partial charge >= 0.3 is 0 Å². The zero-order valence-corrected chi connectivity index (χ0v) is 14.7. The molecule has 3 rings (SSSR count). The molecule has 0 aromatic heterocycles. The molecule has 1 aliphatic carbocycles. The number of nitro benzene ring substituents is 1. The second-order valence-electron chi connectivity index (χ2n) is 6.70. The highest BCUT2D eigenvalue weighted by molar-refractivity contribution is 5.98. The van der Waals surface area contributed by atoms with E-state index in [4.69, 9.17) is 0 Å². The highest BCUT2D eigenvalue weighted by Crippen LogP contribution is 2.28. The van der Waals surface area contributed by atoms with Crippen molar-refractivity contribution in [2.45, 2.75) is 38.6 Å². The highest BCUT2D eigenvalue weighted by atomic mass is 35.5. The minimum Gasteiger partial charge on any atom is -0.338 e. The molecule has 2 aliphatic rings. The lowest BCUT2D eigenvalue weighted by atomic mass is 10.0. The minimum atomic E-state index is -0.476. The van der Waals surface area contributed by atoms with Crippen molar-refractivity contribution >= 4 is 24.0 Å². The van der Waals surface area contributed by atoms with E-state index in [1.807, 2.05) is 6.92 Å². The van der Waals surface area contributed by atoms with Crippen LogP contribution in [0.3, 0.4) is 0 Å². The van der Waals surface area contributed by atoms with Crippen molar-refractivity contribution in [3.05, 3.63) is 39.4 Å². The van der Waals surface area contributed by atoms with Crippen molar-refractivity contribution in [2.24, 2.45) is 5.92 Å². The van der Waals surface area contributed by atoms with E-state index >= 15 is 0 Å². The summed E-state index contributed by atoms with van der Waals surface area (Å²) >= 11 is 0. The molecule has 1 saturated heterocycles. The minimum absolute atomic E-state index is 0. The van der Waals surface area contributed by atoms with E-state index in [1.54, 1.807) is 17.0 Å². The van der Waals surface area contributed by atoms with Crippen LogP contribution in [0.2, 0.25) is 0 Å². The van der Waals surface area contributed by atoms with Crippen LogP contribution in [0.25, 0.3) is 0 Å². The third kappa shape index (κ3) is 4.45. The summed E-state index contributed by atoms with van der Waals surface area (Å²) in [5, 5.41) is 14.7. The Balaban J connectivity index is 0.00000208. The third-order valence-electron chi connectivity index (χ3n) is 4.75. The number of aryl methyl sites for hydroxylation is 1. The largest absolute Gasteiger partial charge is 0.338 e. The summed E-state index contributed by atoms with van der Waals surface area (Å²) in [6.45, 7) is 4.25. The number of hydrogen-bond donors (Lipinski definition) is 1. The first-order valence-corrected chi connectivity index (χ1v) is 8.32. The van der Waals surface area contributed by atoms with Crippen LogP contribution in [0.15, 0.2) is 18.2 Å². The van der Waals surface area contributed by atoms with E-state index in [0.717, 1.165) is 30.9 Å². The molecule has 0 radical (unpaired) electrons. The predicted molar refractivity (Wildman–Crippen MR) is 94.7 cm³/mol. The summed E-state index contributed by atoms with van der Waals surface area (Å²) in [6.07, 6.45) is 4.50. The Morgan fingerprint density at radius 3 is 2.54 bits per heavy atom. The van der Waals surface area contributed by atoms with E-state index in [2.05, 4.69) is 5.32 Å². The van der Waals surface area contributed by atoms with Gasteiger partial charge in [-0.05, 0) is 56.7 Å². The van der Waals surface area contributed by atoms with Gasteiger partial charge in [0.05, 0.1) is 4.92 Å². The highest BCUT2D eigenvalue weighted by Gasteiger charge is 2.29. The van der Waals surface area contributed by atoms with Crippen LogP contribution in [0, 0.1) is 23.0 Å². The van der Waals surface area contributed by atoms with Crippen LogP contribution in [-0.2, 0) is 0 Å². The molecule has 0 atom stereocenters. The molecule has 1 aromatic carbocycles. The lowest BCUT2D eigenvalue weighted by Crippen LogP contribution is -2.45. The van der Waals surface area contributed by atoms with Crippen molar-refractivity contribution in [1.29, 1.82) is 0 Å². The van der Waals surface area contributed by atoms with Gasteiger partial charge in [-0.3, -0.25) is 14.9 Å². The lowest BCUT2D eigenvalue weighted by Gasteiger charge is -2.32. The standard InChI is InChI=1S/C17H23N3O3.ClH/c1-12-2-5-16(20(22)23)15(10-12)17(21)19-8-6-14(7-9-19)18-11-13-3-4-13;/h2,5,10,13-14,18H,3-4,6-9,11H2,1H3;1H. The number of piperidine rings is 1. The van der Waals surface area contributed by atoms with Crippen molar-refractivity contribution in [3.8, 4) is 0 Å². The molecule has 132 valence electrons. The summed E-state index contributed by atoms with van der Waals surface area (Å²) in [4.78, 5) is 25.1. The number of likely N-dealkylation sites (tertiary alicyclic amines) is 1. The van der Waals surface area contributed by atoms with Gasteiger partial charge in [-0.25, -0.2) is 0 Å². The monoisotopic (exact) mass is 353 g/mol. The number of nitrogens with zero attached hydrogens (tertiary/aromatic N) is 2. The first-order chi connectivity index (χ1) is 11.0. The van der Waals surface area contributed by atoms with Crippen LogP contribution in [0.5, 0.6) is 0 Å². The zero-order chi connectivity index (χ0) is 16.4. The lowest BCUT2D eigenvalue weighted by molar-refractivity contribution is -0.385. The third-order valence-corrected chi connectivity index (χ3v) is 4.75. The Bertz CT molecular complexity index is 611. The Hall–Kier alpha value is -1.66. The number of nitrogens with one attached hydrogen (secondary N) is 1. The number of nitro groups is 1. The van der Waals surface area contributed by atoms with E-state index in [1.165, 1.54) is 18.9 Å². The zero-order valence-electron chi connectivity index (χ0n) is 13.9. The molecular weight excluding hydrogens is 330 g/mol. The van der Waals surface area contributed by atoms with Gasteiger partial charge in [0, 0.05) is 25.2 Å². The van der Waals surface area contributed by atoms with Crippen molar-refractivity contribution in [1.82, 2.24) is 10.2 Å². The van der Waals surface area contributed by atoms with E-state index in [-0.39, 0.29) is 29.6 Å². The predicted octanol–water partition coefficient (Wildman–Crippen LogP) is 2.93. The van der Waals surface area contributed by atoms with Gasteiger partial charge < -0.3 is 10.2 Å². The summed E-state index contributed by atoms with van der Waals surface area (Å²) in [5.74, 6) is 0.630. The van der Waals surface area contributed by atoms with E-state index < -0.39 is 4.92 Å². The summed E-state index contributed by atoms with van der Waals surface area (Å²) < 4.78 is 0. The maximum absolute atomic E-state index is 12.7. The van der Waals surface area contributed by atoms with Gasteiger partial charge in [0.15, 0.2) is 0 Å². The van der Waals surface area contributed by atoms with Gasteiger partial charge in [-0.2, -0.15) is 0 Å². The normalized spacial score (nSPS) is 18.1. The van der Waals surface area contributed by atoms with Crippen LogP contribution in [0.1, 0.15) is 41.6 Å². The Morgan fingerprint density at radius 1 is 1.29 bits per heavy atom. The van der Waals surface area contributed by atoms with Crippen molar-refractivity contribution in [2.75, 3.05) is 19.6 Å². The first-order valence-electron chi connectivity index (χ1n) is 8.32. The number of benzene rings is 1. The number of hydrogen-bond acceptors (Lipinski definition) is 4. The number of rotatable bonds is 5. The quantitative estimate of drug-likeness (QED) is 0.652. The number of amides is 1. The SMILES string of the molecule is Cc1ccc([N+](=O)[O-])c(C(=O)N2CCC(NCC3CC3)CC2)c1.Cl. The maximum Gasteiger partial charge on any atom is 0.282 e. The fourth-order valence-electron chi connectivity index (χ4n) is 3.09. The van der Waals surface area contributed by atoms with Crippen LogP contribution < -0.4 is 5.32 Å². The molecule has 0 spiro atoms. The van der Waals surface area contributed by atoms with Gasteiger partial charge in [-0.15, -0.1) is 12.4 Å². The smallest absolute Gasteiger partial charge is 0.282 e. The summed E-state index contributed by atoms with van der Waals surface area (Å²) in [6, 6.07) is 5.18. The molecular formula is C17H24ClN3O3. The number of carbonyl (C=O) groups is 1. The Morgan fingerprint density at radius 2 is 1.96 bits per heavy atom. The molecule has 1 amide bonds. The fraction of sp³-hybridized carbons (Fsp3) is 0.588. The molecule has 1 aromatic rings. The number of carbonyl (C=O) groups excluding carboxylic acids is 1. The van der Waals surface area contributed by atoms with Gasteiger partial charge in [0.2, 0.25) is 0 Å². The molecule has 1 heterocycles. The summed E-state index contributed by atoms with van der Waals surface area (Å²) in [7, 11) is 0. The summed E-state index contributed by atoms with van der Waals surface area (Å²) in [5.41, 5.74) is 0.967. The molecule has 1 aliphatic heterocycles. The van der Waals surface area contributed by atoms with Crippen molar-refractivity contribution < 1.29 is 9.72 Å². The molecule has 24 heavy (non-hydrogen) atoms. The average molecular weight is 354 g/mol. The van der Waals surface area contributed by atoms with Gasteiger partial charge in [0.25, 0.3) is 11.6 Å². The fourth-order valence-corrected chi connectivity index (χ4v) is 3.09. The Kier molecular flexibility index (Phi) is 6.18. The topological polar surface area (TPSA) is 75.5 Å². The number of halogens is 1. The molecule has 0 unspecified atom stereocenters. The van der Waals surface area contributed by atoms with E-state index in [9.17, 15) is 14.9 Å². The molecule has 1 saturated carbocycles. The maximum atomic E-state index is 12.7. The average Bonchev–Trinajstić information content (AvgIpc) is 3.36. The molecule has 2 fully saturated rings. The molecule has 1 N–H and O–H groups in total. The van der Waals surface area contributed by atoms with Crippen molar-refractivity contribution in [3.63, 3.8) is 0 Å². The van der Waals surface area contributed by atoms with Gasteiger partial charge in [-0.1, -0.05) is 6.07 Å². The van der Waals surface area contributed by atoms with Crippen LogP contribution >= 0.6 is 12.4 Å². The van der Waals surface area contributed by atoms with Crippen LogP contribution in [-0.4, -0.2) is 41.4 Å². The molecule has 6 nitrogen and oxygen atoms in total. The molecule has 0 bridgehead atoms. The second kappa shape index (κ2) is 7.94. The van der Waals surface area contributed by atoms with Crippen LogP contribution in [0.4, 0.5) is 5.69 Å². The van der Waals surface area contributed by atoms with E-state index in [0.29, 0.717) is 19.1 Å². The Labute approximate surface area is 148 Å². The second-order valence-corrected chi connectivity index (χ2v) is 6.70.